The molecule has 1 aromatic heterocycles. The lowest BCUT2D eigenvalue weighted by Gasteiger charge is -2.14. The van der Waals surface area contributed by atoms with E-state index in [0.717, 1.165) is 0 Å². The highest BCUT2D eigenvalue weighted by atomic mass is 19.2. The molecule has 0 aliphatic rings. The van der Waals surface area contributed by atoms with Crippen molar-refractivity contribution in [2.45, 2.75) is 26.3 Å². The van der Waals surface area contributed by atoms with E-state index in [1.165, 1.54) is 0 Å². The van der Waals surface area contributed by atoms with Crippen LogP contribution in [0.15, 0.2) is 0 Å². The number of hydrogen-bond acceptors (Lipinski definition) is 9. The lowest BCUT2D eigenvalue weighted by atomic mass is 10.2. The number of hydrogen-bond donors (Lipinski definition) is 3. The van der Waals surface area contributed by atoms with Gasteiger partial charge in [0.1, 0.15) is 0 Å². The molecular weight excluding hydrogens is 455 g/mol. The van der Waals surface area contributed by atoms with Crippen LogP contribution < -0.4 is 21.1 Å². The van der Waals surface area contributed by atoms with Gasteiger partial charge in [0.25, 0.3) is 0 Å². The first kappa shape index (κ1) is 26.4. The number of aromatic nitrogens is 3. The Hall–Kier alpha value is -2.84. The van der Waals surface area contributed by atoms with E-state index < -0.39 is 40.8 Å². The van der Waals surface area contributed by atoms with Gasteiger partial charge in [-0.3, -0.25) is 0 Å². The molecule has 184 valence electrons. The second kappa shape index (κ2) is 13.0. The van der Waals surface area contributed by atoms with E-state index in [-0.39, 0.29) is 31.1 Å². The van der Waals surface area contributed by atoms with E-state index in [1.807, 2.05) is 13.8 Å². The van der Waals surface area contributed by atoms with Crippen LogP contribution in [0.2, 0.25) is 0 Å². The van der Waals surface area contributed by atoms with Gasteiger partial charge >= 0.3 is 6.01 Å². The van der Waals surface area contributed by atoms with Gasteiger partial charge in [0.15, 0.2) is 0 Å². The van der Waals surface area contributed by atoms with E-state index in [0.29, 0.717) is 32.8 Å². The molecule has 0 aliphatic carbocycles. The molecule has 1 aromatic carbocycles. The minimum Gasteiger partial charge on any atom is -0.418 e. The van der Waals surface area contributed by atoms with Crippen molar-refractivity contribution in [3.63, 3.8) is 0 Å². The number of benzene rings is 1. The maximum atomic E-state index is 14.0. The highest BCUT2D eigenvalue weighted by Gasteiger charge is 2.28. The summed E-state index contributed by atoms with van der Waals surface area (Å²) in [4.78, 5) is 11.8. The van der Waals surface area contributed by atoms with Gasteiger partial charge in [0, 0.05) is 19.1 Å². The second-order valence-electron chi connectivity index (χ2n) is 6.66. The van der Waals surface area contributed by atoms with E-state index in [4.69, 9.17) is 19.9 Å². The van der Waals surface area contributed by atoms with Crippen LogP contribution in [0.3, 0.4) is 0 Å². The fourth-order valence-corrected chi connectivity index (χ4v) is 2.27. The molecule has 1 unspecified atom stereocenters. The quantitative estimate of drug-likeness (QED) is 0.162. The minimum absolute atomic E-state index is 0.0307. The maximum Gasteiger partial charge on any atom is 0.328 e. The van der Waals surface area contributed by atoms with Gasteiger partial charge in [-0.15, -0.1) is 0 Å². The van der Waals surface area contributed by atoms with Crippen LogP contribution in [0.5, 0.6) is 11.8 Å². The third-order valence-corrected chi connectivity index (χ3v) is 4.13. The van der Waals surface area contributed by atoms with Gasteiger partial charge in [-0.2, -0.15) is 23.7 Å². The van der Waals surface area contributed by atoms with Crippen LogP contribution in [0.1, 0.15) is 20.3 Å². The Morgan fingerprint density at radius 2 is 1.39 bits per heavy atom. The zero-order chi connectivity index (χ0) is 24.4. The number of rotatable bonds is 14. The fraction of sp³-hybridized carbons (Fsp3) is 0.526. The molecule has 2 aromatic rings. The Morgan fingerprint density at radius 1 is 0.818 bits per heavy atom. The van der Waals surface area contributed by atoms with Crippen LogP contribution in [0.25, 0.3) is 0 Å². The molecule has 9 nitrogen and oxygen atoms in total. The number of nitrogens with zero attached hydrogens (tertiary/aromatic N) is 3. The summed E-state index contributed by atoms with van der Waals surface area (Å²) < 4.78 is 83.5. The second-order valence-corrected chi connectivity index (χ2v) is 6.66. The average Bonchev–Trinajstić information content (AvgIpc) is 2.80. The summed E-state index contributed by atoms with van der Waals surface area (Å²) in [6.07, 6.45) is 0.683. The standard InChI is InChI=1S/C19H25F5N6O3/c1-3-10(2)27-18-28-17(26-5-7-32-9-8-31-6-4-25)29-19(30-18)33-16-14(23)12(21)11(20)13(22)15(16)24/h10H,3-9,25H2,1-2H3,(H2,26,27,28,29,30). The van der Waals surface area contributed by atoms with Crippen LogP contribution in [0, 0.1) is 29.1 Å². The monoisotopic (exact) mass is 480 g/mol. The molecule has 33 heavy (non-hydrogen) atoms. The van der Waals surface area contributed by atoms with Crippen LogP contribution in [0.4, 0.5) is 33.8 Å². The Bertz CT molecular complexity index is 895. The van der Waals surface area contributed by atoms with Crippen molar-refractivity contribution < 1.29 is 36.2 Å². The predicted molar refractivity (Wildman–Crippen MR) is 109 cm³/mol. The molecule has 4 N–H and O–H groups in total. The van der Waals surface area contributed by atoms with Crippen molar-refractivity contribution in [1.82, 2.24) is 15.0 Å². The zero-order valence-electron chi connectivity index (χ0n) is 18.1. The SMILES string of the molecule is CCC(C)Nc1nc(NCCOCCOCCN)nc(Oc2c(F)c(F)c(F)c(F)c2F)n1. The van der Waals surface area contributed by atoms with Crippen molar-refractivity contribution in [2.75, 3.05) is 50.2 Å². The summed E-state index contributed by atoms with van der Waals surface area (Å²) in [7, 11) is 0. The average molecular weight is 480 g/mol. The topological polar surface area (TPSA) is 116 Å². The molecular formula is C19H25F5N6O3. The summed E-state index contributed by atoms with van der Waals surface area (Å²) in [5, 5.41) is 5.72. The minimum atomic E-state index is -2.30. The Balaban J connectivity index is 2.15. The Kier molecular flexibility index (Phi) is 10.4. The normalized spacial score (nSPS) is 12.0. The lowest BCUT2D eigenvalue weighted by Crippen LogP contribution is -2.19. The first-order valence-electron chi connectivity index (χ1n) is 10.1. The predicted octanol–water partition coefficient (Wildman–Crippen LogP) is 2.97. The number of anilines is 2. The summed E-state index contributed by atoms with van der Waals surface area (Å²) >= 11 is 0. The van der Waals surface area contributed by atoms with Gasteiger partial charge in [-0.25, -0.2) is 13.2 Å². The largest absolute Gasteiger partial charge is 0.418 e. The lowest BCUT2D eigenvalue weighted by molar-refractivity contribution is 0.0547. The zero-order valence-corrected chi connectivity index (χ0v) is 18.1. The van der Waals surface area contributed by atoms with Gasteiger partial charge in [-0.1, -0.05) is 6.92 Å². The first-order valence-corrected chi connectivity index (χ1v) is 10.1. The highest BCUT2D eigenvalue weighted by Crippen LogP contribution is 2.32. The van der Waals surface area contributed by atoms with Gasteiger partial charge in [0.2, 0.25) is 46.7 Å². The van der Waals surface area contributed by atoms with Crippen molar-refractivity contribution in [1.29, 1.82) is 0 Å². The third kappa shape index (κ3) is 7.61. The summed E-state index contributed by atoms with van der Waals surface area (Å²) in [6.45, 7) is 5.69. The molecule has 0 spiro atoms. The van der Waals surface area contributed by atoms with Crippen molar-refractivity contribution >= 4 is 11.9 Å². The molecule has 1 atom stereocenters. The number of nitrogens with two attached hydrogens (primary N) is 1. The number of nitrogens with one attached hydrogen (secondary N) is 2. The Labute approximate surface area is 186 Å². The van der Waals surface area contributed by atoms with E-state index >= 15 is 0 Å². The highest BCUT2D eigenvalue weighted by molar-refractivity contribution is 5.38. The molecule has 0 saturated heterocycles. The molecule has 0 bridgehead atoms. The van der Waals surface area contributed by atoms with E-state index in [2.05, 4.69) is 25.6 Å². The fourth-order valence-electron chi connectivity index (χ4n) is 2.27. The van der Waals surface area contributed by atoms with Gasteiger partial charge in [-0.05, 0) is 13.3 Å². The molecule has 0 radical (unpaired) electrons. The molecule has 0 aliphatic heterocycles. The Morgan fingerprint density at radius 3 is 2.00 bits per heavy atom. The third-order valence-electron chi connectivity index (χ3n) is 4.13. The summed E-state index contributed by atoms with van der Waals surface area (Å²) in [6, 6.07) is -0.781. The van der Waals surface area contributed by atoms with E-state index in [9.17, 15) is 22.0 Å². The number of halogens is 5. The molecule has 1 heterocycles. The van der Waals surface area contributed by atoms with Crippen molar-refractivity contribution in [3.8, 4) is 11.8 Å². The maximum absolute atomic E-state index is 14.0. The number of ether oxygens (including phenoxy) is 3. The molecule has 0 amide bonds. The van der Waals surface area contributed by atoms with Crippen LogP contribution >= 0.6 is 0 Å². The smallest absolute Gasteiger partial charge is 0.328 e. The van der Waals surface area contributed by atoms with Gasteiger partial charge < -0.3 is 30.6 Å². The first-order chi connectivity index (χ1) is 15.8. The molecule has 0 fully saturated rings. The van der Waals surface area contributed by atoms with Crippen molar-refractivity contribution in [3.05, 3.63) is 29.1 Å². The van der Waals surface area contributed by atoms with E-state index in [1.54, 1.807) is 0 Å². The molecule has 0 saturated carbocycles. The van der Waals surface area contributed by atoms with Crippen LogP contribution in [-0.2, 0) is 9.47 Å². The summed E-state index contributed by atoms with van der Waals surface area (Å²) in [5.41, 5.74) is 5.30. The summed E-state index contributed by atoms with van der Waals surface area (Å²) in [5.74, 6) is -12.5. The molecule has 2 rings (SSSR count). The van der Waals surface area contributed by atoms with Gasteiger partial charge in [0.05, 0.1) is 26.4 Å². The molecule has 14 heteroatoms. The van der Waals surface area contributed by atoms with Crippen molar-refractivity contribution in [2.24, 2.45) is 5.73 Å². The van der Waals surface area contributed by atoms with Crippen LogP contribution in [-0.4, -0.2) is 60.5 Å².